The van der Waals surface area contributed by atoms with E-state index in [0.29, 0.717) is 23.4 Å². The predicted octanol–water partition coefficient (Wildman–Crippen LogP) is 5.11. The summed E-state index contributed by atoms with van der Waals surface area (Å²) in [4.78, 5) is 12.6. The van der Waals surface area contributed by atoms with Gasteiger partial charge >= 0.3 is 0 Å². The van der Waals surface area contributed by atoms with Crippen LogP contribution in [0.5, 0.6) is 0 Å². The molecule has 0 bridgehead atoms. The van der Waals surface area contributed by atoms with Gasteiger partial charge in [-0.15, -0.1) is 0 Å². The van der Waals surface area contributed by atoms with Gasteiger partial charge in [-0.3, -0.25) is 9.52 Å². The van der Waals surface area contributed by atoms with E-state index in [9.17, 15) is 13.2 Å². The standard InChI is InChI=1S/C23H23ClN2O3S2/c1-17-15-18(11-12-22(17)26-31(28,29)20-8-3-2-4-9-20)23(27)25-13-14-30-16-19-7-5-6-10-21(19)24/h2-12,15,26H,13-14,16H2,1H3,(H,25,27). The average molecular weight is 475 g/mol. The fourth-order valence-corrected chi connectivity index (χ4v) is 5.16. The van der Waals surface area contributed by atoms with Crippen molar-refractivity contribution in [1.29, 1.82) is 0 Å². The predicted molar refractivity (Wildman–Crippen MR) is 128 cm³/mol. The average Bonchev–Trinajstić information content (AvgIpc) is 2.76. The number of carbonyl (C=O) groups is 1. The van der Waals surface area contributed by atoms with E-state index >= 15 is 0 Å². The van der Waals surface area contributed by atoms with E-state index < -0.39 is 10.0 Å². The van der Waals surface area contributed by atoms with Gasteiger partial charge in [-0.1, -0.05) is 48.0 Å². The molecule has 5 nitrogen and oxygen atoms in total. The number of hydrogen-bond acceptors (Lipinski definition) is 4. The Hall–Kier alpha value is -2.48. The number of nitrogens with one attached hydrogen (secondary N) is 2. The van der Waals surface area contributed by atoms with Gasteiger partial charge in [-0.05, 0) is 54.4 Å². The third-order valence-electron chi connectivity index (χ3n) is 4.53. The molecule has 0 saturated carbocycles. The van der Waals surface area contributed by atoms with E-state index in [0.717, 1.165) is 22.1 Å². The van der Waals surface area contributed by atoms with Gasteiger partial charge in [0.1, 0.15) is 0 Å². The van der Waals surface area contributed by atoms with Gasteiger partial charge in [0.25, 0.3) is 15.9 Å². The maximum Gasteiger partial charge on any atom is 0.261 e. The molecule has 0 spiro atoms. The molecule has 8 heteroatoms. The number of aryl methyl sites for hydroxylation is 1. The van der Waals surface area contributed by atoms with E-state index in [1.54, 1.807) is 55.1 Å². The van der Waals surface area contributed by atoms with Crippen LogP contribution >= 0.6 is 23.4 Å². The van der Waals surface area contributed by atoms with Crippen molar-refractivity contribution in [2.45, 2.75) is 17.6 Å². The molecule has 0 aliphatic heterocycles. The van der Waals surface area contributed by atoms with E-state index in [1.165, 1.54) is 12.1 Å². The van der Waals surface area contributed by atoms with E-state index in [4.69, 9.17) is 11.6 Å². The summed E-state index contributed by atoms with van der Waals surface area (Å²) in [5.74, 6) is 1.34. The summed E-state index contributed by atoms with van der Waals surface area (Å²) < 4.78 is 27.6. The Morgan fingerprint density at radius 2 is 1.71 bits per heavy atom. The first kappa shape index (κ1) is 23.2. The second kappa shape index (κ2) is 10.7. The zero-order valence-corrected chi connectivity index (χ0v) is 19.4. The Balaban J connectivity index is 1.52. The minimum atomic E-state index is -3.68. The fraction of sp³-hybridized carbons (Fsp3) is 0.174. The van der Waals surface area contributed by atoms with Crippen LogP contribution in [0.3, 0.4) is 0 Å². The molecule has 1 amide bonds. The first-order valence-electron chi connectivity index (χ1n) is 9.65. The number of benzene rings is 3. The van der Waals surface area contributed by atoms with Crippen molar-refractivity contribution in [2.24, 2.45) is 0 Å². The van der Waals surface area contributed by atoms with Crippen LogP contribution in [0.2, 0.25) is 5.02 Å². The summed E-state index contributed by atoms with van der Waals surface area (Å²) in [5.41, 5.74) is 2.66. The summed E-state index contributed by atoms with van der Waals surface area (Å²) in [6.45, 7) is 2.29. The Morgan fingerprint density at radius 1 is 1.00 bits per heavy atom. The van der Waals surface area contributed by atoms with Crippen molar-refractivity contribution in [2.75, 3.05) is 17.0 Å². The minimum Gasteiger partial charge on any atom is -0.351 e. The molecule has 3 aromatic carbocycles. The number of amides is 1. The summed E-state index contributed by atoms with van der Waals surface area (Å²) in [6, 6.07) is 20.8. The van der Waals surface area contributed by atoms with Crippen molar-refractivity contribution in [3.05, 3.63) is 94.5 Å². The molecule has 0 radical (unpaired) electrons. The quantitative estimate of drug-likeness (QED) is 0.422. The van der Waals surface area contributed by atoms with Crippen LogP contribution in [0.4, 0.5) is 5.69 Å². The smallest absolute Gasteiger partial charge is 0.261 e. The maximum absolute atomic E-state index is 12.5. The summed E-state index contributed by atoms with van der Waals surface area (Å²) >= 11 is 7.84. The van der Waals surface area contributed by atoms with Gasteiger partial charge < -0.3 is 5.32 Å². The molecular formula is C23H23ClN2O3S2. The molecule has 3 aromatic rings. The molecule has 0 aliphatic carbocycles. The van der Waals surface area contributed by atoms with Gasteiger partial charge in [-0.25, -0.2) is 8.42 Å². The van der Waals surface area contributed by atoms with Crippen molar-refractivity contribution in [3.63, 3.8) is 0 Å². The highest BCUT2D eigenvalue weighted by atomic mass is 35.5. The van der Waals surface area contributed by atoms with Gasteiger partial charge in [0.05, 0.1) is 10.6 Å². The summed E-state index contributed by atoms with van der Waals surface area (Å²) in [5, 5.41) is 3.64. The summed E-state index contributed by atoms with van der Waals surface area (Å²) in [6.07, 6.45) is 0. The summed E-state index contributed by atoms with van der Waals surface area (Å²) in [7, 11) is -3.68. The van der Waals surface area contributed by atoms with Crippen molar-refractivity contribution in [3.8, 4) is 0 Å². The zero-order chi connectivity index (χ0) is 22.3. The number of thioether (sulfide) groups is 1. The molecule has 0 saturated heterocycles. The lowest BCUT2D eigenvalue weighted by atomic mass is 10.1. The normalized spacial score (nSPS) is 11.2. The Bertz CT molecular complexity index is 1150. The van der Waals surface area contributed by atoms with E-state index in [-0.39, 0.29) is 10.8 Å². The third kappa shape index (κ3) is 6.50. The number of anilines is 1. The number of sulfonamides is 1. The molecule has 0 aromatic heterocycles. The van der Waals surface area contributed by atoms with Crippen molar-refractivity contribution in [1.82, 2.24) is 5.32 Å². The third-order valence-corrected chi connectivity index (χ3v) is 7.29. The van der Waals surface area contributed by atoms with Crippen LogP contribution in [0.1, 0.15) is 21.5 Å². The van der Waals surface area contributed by atoms with Crippen LogP contribution in [0, 0.1) is 6.92 Å². The molecule has 0 atom stereocenters. The van der Waals surface area contributed by atoms with Crippen molar-refractivity contribution >= 4 is 45.0 Å². The van der Waals surface area contributed by atoms with Gasteiger partial charge in [0.15, 0.2) is 0 Å². The van der Waals surface area contributed by atoms with Crippen molar-refractivity contribution < 1.29 is 13.2 Å². The lowest BCUT2D eigenvalue weighted by Crippen LogP contribution is -2.26. The molecule has 0 unspecified atom stereocenters. The topological polar surface area (TPSA) is 75.3 Å². The highest BCUT2D eigenvalue weighted by Crippen LogP contribution is 2.22. The highest BCUT2D eigenvalue weighted by molar-refractivity contribution is 7.98. The molecular weight excluding hydrogens is 452 g/mol. The molecule has 2 N–H and O–H groups in total. The van der Waals surface area contributed by atoms with Crippen LogP contribution in [0.15, 0.2) is 77.7 Å². The SMILES string of the molecule is Cc1cc(C(=O)NCCSCc2ccccc2Cl)ccc1NS(=O)(=O)c1ccccc1. The first-order chi connectivity index (χ1) is 14.9. The lowest BCUT2D eigenvalue weighted by Gasteiger charge is -2.12. The number of carbonyl (C=O) groups excluding carboxylic acids is 1. The minimum absolute atomic E-state index is 0.186. The fourth-order valence-electron chi connectivity index (χ4n) is 2.86. The Morgan fingerprint density at radius 3 is 2.42 bits per heavy atom. The van der Waals surface area contributed by atoms with Crippen LogP contribution in [-0.4, -0.2) is 26.6 Å². The Kier molecular flexibility index (Phi) is 8.01. The van der Waals surface area contributed by atoms with Gasteiger partial charge in [-0.2, -0.15) is 11.8 Å². The largest absolute Gasteiger partial charge is 0.351 e. The molecule has 0 heterocycles. The molecule has 162 valence electrons. The van der Waals surface area contributed by atoms with E-state index in [2.05, 4.69) is 10.0 Å². The number of rotatable bonds is 9. The molecule has 31 heavy (non-hydrogen) atoms. The number of hydrogen-bond donors (Lipinski definition) is 2. The molecule has 0 aliphatic rings. The van der Waals surface area contributed by atoms with Crippen LogP contribution < -0.4 is 10.0 Å². The lowest BCUT2D eigenvalue weighted by molar-refractivity contribution is 0.0956. The Labute approximate surface area is 192 Å². The number of halogens is 1. The molecule has 0 fully saturated rings. The van der Waals surface area contributed by atoms with E-state index in [1.807, 2.05) is 24.3 Å². The maximum atomic E-state index is 12.5. The second-order valence-corrected chi connectivity index (χ2v) is 10.0. The van der Waals surface area contributed by atoms with Crippen LogP contribution in [-0.2, 0) is 15.8 Å². The van der Waals surface area contributed by atoms with Crippen LogP contribution in [0.25, 0.3) is 0 Å². The molecule has 3 rings (SSSR count). The first-order valence-corrected chi connectivity index (χ1v) is 12.7. The van der Waals surface area contributed by atoms with Gasteiger partial charge in [0, 0.05) is 28.6 Å². The monoisotopic (exact) mass is 474 g/mol. The zero-order valence-electron chi connectivity index (χ0n) is 17.0. The van der Waals surface area contributed by atoms with Gasteiger partial charge in [0.2, 0.25) is 0 Å². The highest BCUT2D eigenvalue weighted by Gasteiger charge is 2.15. The second-order valence-electron chi connectivity index (χ2n) is 6.85.